The predicted molar refractivity (Wildman–Crippen MR) is 50.5 cm³/mol. The minimum absolute atomic E-state index is 0.103. The Bertz CT molecular complexity index is 230. The molecule has 0 fully saturated rings. The summed E-state index contributed by atoms with van der Waals surface area (Å²) in [6, 6.07) is 0. The highest BCUT2D eigenvalue weighted by Crippen LogP contribution is 2.34. The average molecular weight is 165 g/mol. The van der Waals surface area contributed by atoms with E-state index in [2.05, 4.69) is 24.7 Å². The molecular formula is C10H15NO. The maximum atomic E-state index is 8.48. The summed E-state index contributed by atoms with van der Waals surface area (Å²) in [5.41, 5.74) is 1.31. The van der Waals surface area contributed by atoms with Crippen molar-refractivity contribution >= 4 is 6.21 Å². The van der Waals surface area contributed by atoms with Gasteiger partial charge in [0.05, 0.1) is 6.21 Å². The van der Waals surface area contributed by atoms with Crippen LogP contribution in [0.3, 0.4) is 0 Å². The molecule has 0 saturated heterocycles. The number of oxime groups is 1. The third-order valence-electron chi connectivity index (χ3n) is 2.54. The first-order chi connectivity index (χ1) is 5.72. The first-order valence-electron chi connectivity index (χ1n) is 4.20. The molecule has 1 unspecified atom stereocenters. The Morgan fingerprint density at radius 2 is 2.50 bits per heavy atom. The normalized spacial score (nSPS) is 30.2. The second-order valence-electron chi connectivity index (χ2n) is 3.44. The summed E-state index contributed by atoms with van der Waals surface area (Å²) in [6.45, 7) is 5.90. The number of allylic oxidation sites excluding steroid dienone is 3. The number of hydrogen-bond acceptors (Lipinski definition) is 2. The third kappa shape index (κ3) is 1.76. The van der Waals surface area contributed by atoms with Crippen molar-refractivity contribution in [2.24, 2.45) is 10.6 Å². The molecule has 0 aromatic carbocycles. The second kappa shape index (κ2) is 3.57. The van der Waals surface area contributed by atoms with Gasteiger partial charge in [0.15, 0.2) is 0 Å². The molecule has 0 aromatic rings. The molecule has 0 heterocycles. The van der Waals surface area contributed by atoms with Crippen molar-refractivity contribution in [3.8, 4) is 0 Å². The molecule has 0 amide bonds. The topological polar surface area (TPSA) is 32.6 Å². The van der Waals surface area contributed by atoms with Crippen LogP contribution in [0.5, 0.6) is 0 Å². The Hall–Kier alpha value is -1.05. The van der Waals surface area contributed by atoms with Gasteiger partial charge in [0.2, 0.25) is 0 Å². The van der Waals surface area contributed by atoms with Crippen LogP contribution in [0.25, 0.3) is 0 Å². The van der Waals surface area contributed by atoms with E-state index in [9.17, 15) is 0 Å². The van der Waals surface area contributed by atoms with Gasteiger partial charge in [-0.1, -0.05) is 17.7 Å². The van der Waals surface area contributed by atoms with Gasteiger partial charge in [-0.15, -0.1) is 11.7 Å². The molecule has 0 aromatic heterocycles. The fourth-order valence-electron chi connectivity index (χ4n) is 1.47. The molecule has 0 bridgehead atoms. The SMILES string of the molecule is C=CC1(C=NO)CC=C(C)CC1. The van der Waals surface area contributed by atoms with E-state index in [4.69, 9.17) is 5.21 Å². The Morgan fingerprint density at radius 3 is 2.92 bits per heavy atom. The third-order valence-corrected chi connectivity index (χ3v) is 2.54. The minimum Gasteiger partial charge on any atom is -0.411 e. The van der Waals surface area contributed by atoms with E-state index >= 15 is 0 Å². The van der Waals surface area contributed by atoms with Crippen molar-refractivity contribution in [3.63, 3.8) is 0 Å². The summed E-state index contributed by atoms with van der Waals surface area (Å²) >= 11 is 0. The van der Waals surface area contributed by atoms with Gasteiger partial charge < -0.3 is 5.21 Å². The van der Waals surface area contributed by atoms with Crippen molar-refractivity contribution < 1.29 is 5.21 Å². The minimum atomic E-state index is -0.103. The van der Waals surface area contributed by atoms with Crippen LogP contribution in [0, 0.1) is 5.41 Å². The zero-order valence-electron chi connectivity index (χ0n) is 7.45. The van der Waals surface area contributed by atoms with Gasteiger partial charge in [0, 0.05) is 5.41 Å². The lowest BCUT2D eigenvalue weighted by atomic mass is 9.76. The van der Waals surface area contributed by atoms with Crippen LogP contribution in [-0.4, -0.2) is 11.4 Å². The average Bonchev–Trinajstić information content (AvgIpc) is 2.10. The van der Waals surface area contributed by atoms with E-state index in [0.29, 0.717) is 0 Å². The highest BCUT2D eigenvalue weighted by atomic mass is 16.4. The fraction of sp³-hybridized carbons (Fsp3) is 0.500. The van der Waals surface area contributed by atoms with E-state index in [1.54, 1.807) is 6.21 Å². The molecule has 1 N–H and O–H groups in total. The molecule has 1 aliphatic carbocycles. The number of hydrogen-bond donors (Lipinski definition) is 1. The Balaban J connectivity index is 2.77. The highest BCUT2D eigenvalue weighted by molar-refractivity contribution is 5.68. The number of rotatable bonds is 2. The lowest BCUT2D eigenvalue weighted by Crippen LogP contribution is -2.21. The van der Waals surface area contributed by atoms with E-state index < -0.39 is 0 Å². The molecule has 0 radical (unpaired) electrons. The molecule has 2 heteroatoms. The van der Waals surface area contributed by atoms with Crippen LogP contribution in [0.2, 0.25) is 0 Å². The Labute approximate surface area is 73.3 Å². The quantitative estimate of drug-likeness (QED) is 0.290. The molecule has 0 aliphatic heterocycles. The molecule has 66 valence electrons. The zero-order chi connectivity index (χ0) is 9.03. The number of nitrogens with zero attached hydrogens (tertiary/aromatic N) is 1. The van der Waals surface area contributed by atoms with Crippen LogP contribution in [0.1, 0.15) is 26.2 Å². The fourth-order valence-corrected chi connectivity index (χ4v) is 1.47. The summed E-state index contributed by atoms with van der Waals surface area (Å²) in [5, 5.41) is 11.6. The van der Waals surface area contributed by atoms with Crippen LogP contribution in [0.15, 0.2) is 29.5 Å². The largest absolute Gasteiger partial charge is 0.411 e. The van der Waals surface area contributed by atoms with Crippen molar-refractivity contribution in [1.82, 2.24) is 0 Å². The summed E-state index contributed by atoms with van der Waals surface area (Å²) in [7, 11) is 0. The molecule has 2 nitrogen and oxygen atoms in total. The van der Waals surface area contributed by atoms with Crippen LogP contribution >= 0.6 is 0 Å². The van der Waals surface area contributed by atoms with Gasteiger partial charge in [-0.05, 0) is 26.2 Å². The summed E-state index contributed by atoms with van der Waals surface area (Å²) in [5.74, 6) is 0. The first kappa shape index (κ1) is 9.04. The predicted octanol–water partition coefficient (Wildman–Crippen LogP) is 2.75. The van der Waals surface area contributed by atoms with E-state index in [1.165, 1.54) is 5.57 Å². The van der Waals surface area contributed by atoms with E-state index in [0.717, 1.165) is 19.3 Å². The Morgan fingerprint density at radius 1 is 1.75 bits per heavy atom. The smallest absolute Gasteiger partial charge is 0.0538 e. The summed E-state index contributed by atoms with van der Waals surface area (Å²) in [4.78, 5) is 0. The molecule has 1 aliphatic rings. The second-order valence-corrected chi connectivity index (χ2v) is 3.44. The lowest BCUT2D eigenvalue weighted by Gasteiger charge is -2.28. The molecule has 1 rings (SSSR count). The van der Waals surface area contributed by atoms with E-state index in [1.807, 2.05) is 6.08 Å². The van der Waals surface area contributed by atoms with Crippen molar-refractivity contribution in [2.45, 2.75) is 26.2 Å². The standard InChI is InChI=1S/C10H15NO/c1-3-10(8-11-12)6-4-9(2)5-7-10/h3-4,8,12H,1,5-7H2,2H3. The molecule has 0 spiro atoms. The van der Waals surface area contributed by atoms with Gasteiger partial charge in [-0.25, -0.2) is 0 Å². The van der Waals surface area contributed by atoms with Gasteiger partial charge in [-0.3, -0.25) is 0 Å². The van der Waals surface area contributed by atoms with Gasteiger partial charge in [-0.2, -0.15) is 0 Å². The van der Waals surface area contributed by atoms with Crippen molar-refractivity contribution in [1.29, 1.82) is 0 Å². The van der Waals surface area contributed by atoms with Gasteiger partial charge in [0.25, 0.3) is 0 Å². The van der Waals surface area contributed by atoms with Crippen molar-refractivity contribution in [2.75, 3.05) is 0 Å². The lowest BCUT2D eigenvalue weighted by molar-refractivity contribution is 0.312. The monoisotopic (exact) mass is 165 g/mol. The molecule has 0 saturated carbocycles. The van der Waals surface area contributed by atoms with Crippen LogP contribution in [0.4, 0.5) is 0 Å². The van der Waals surface area contributed by atoms with Crippen LogP contribution < -0.4 is 0 Å². The molecular weight excluding hydrogens is 150 g/mol. The van der Waals surface area contributed by atoms with E-state index in [-0.39, 0.29) is 5.41 Å². The summed E-state index contributed by atoms with van der Waals surface area (Å²) < 4.78 is 0. The van der Waals surface area contributed by atoms with Crippen LogP contribution in [-0.2, 0) is 0 Å². The molecule has 12 heavy (non-hydrogen) atoms. The molecule has 1 atom stereocenters. The summed E-state index contributed by atoms with van der Waals surface area (Å²) in [6.07, 6.45) is 8.62. The maximum absolute atomic E-state index is 8.48. The van der Waals surface area contributed by atoms with Crippen molar-refractivity contribution in [3.05, 3.63) is 24.3 Å². The highest BCUT2D eigenvalue weighted by Gasteiger charge is 2.26. The first-order valence-corrected chi connectivity index (χ1v) is 4.20. The van der Waals surface area contributed by atoms with Gasteiger partial charge in [0.1, 0.15) is 0 Å². The maximum Gasteiger partial charge on any atom is 0.0538 e. The zero-order valence-corrected chi connectivity index (χ0v) is 7.45. The van der Waals surface area contributed by atoms with Gasteiger partial charge >= 0.3 is 0 Å². The Kier molecular flexibility index (Phi) is 2.69.